The fourth-order valence-electron chi connectivity index (χ4n) is 2.78. The maximum absolute atomic E-state index is 13.1. The highest BCUT2D eigenvalue weighted by Gasteiger charge is 2.25. The van der Waals surface area contributed by atoms with Crippen molar-refractivity contribution in [3.63, 3.8) is 0 Å². The van der Waals surface area contributed by atoms with Crippen LogP contribution in [0.1, 0.15) is 21.9 Å². The van der Waals surface area contributed by atoms with Crippen molar-refractivity contribution in [1.82, 2.24) is 20.2 Å². The molecule has 2 aromatic carbocycles. The first-order chi connectivity index (χ1) is 13.1. The minimum atomic E-state index is -0.485. The van der Waals surface area contributed by atoms with Crippen molar-refractivity contribution in [2.75, 3.05) is 5.32 Å². The minimum absolute atomic E-state index is 0.121. The molecular weight excluding hydrogens is 358 g/mol. The SMILES string of the molecule is C=CCn1nnnc1SC(C(=O)Nc1cc(C)cc(C)c1)c1ccccc1. The average Bonchev–Trinajstić information content (AvgIpc) is 3.06. The molecule has 3 aromatic rings. The van der Waals surface area contributed by atoms with Crippen LogP contribution in [0.25, 0.3) is 0 Å². The molecule has 6 nitrogen and oxygen atoms in total. The van der Waals surface area contributed by atoms with Crippen molar-refractivity contribution in [2.45, 2.75) is 30.8 Å². The van der Waals surface area contributed by atoms with Gasteiger partial charge in [0.25, 0.3) is 0 Å². The van der Waals surface area contributed by atoms with E-state index in [9.17, 15) is 4.79 Å². The van der Waals surface area contributed by atoms with Crippen LogP contribution in [0.3, 0.4) is 0 Å². The summed E-state index contributed by atoms with van der Waals surface area (Å²) >= 11 is 1.32. The molecule has 3 rings (SSSR count). The first-order valence-corrected chi connectivity index (χ1v) is 9.42. The van der Waals surface area contributed by atoms with E-state index in [0.717, 1.165) is 22.4 Å². The number of nitrogens with zero attached hydrogens (tertiary/aromatic N) is 4. The Bertz CT molecular complexity index is 918. The number of amides is 1. The number of carbonyl (C=O) groups is 1. The Kier molecular flexibility index (Phi) is 6.03. The molecule has 0 fully saturated rings. The number of thioether (sulfide) groups is 1. The van der Waals surface area contributed by atoms with Gasteiger partial charge in [0, 0.05) is 5.69 Å². The molecule has 138 valence electrons. The van der Waals surface area contributed by atoms with Gasteiger partial charge in [-0.25, -0.2) is 4.68 Å². The minimum Gasteiger partial charge on any atom is -0.325 e. The summed E-state index contributed by atoms with van der Waals surface area (Å²) in [5, 5.41) is 14.8. The molecule has 1 N–H and O–H groups in total. The molecule has 0 aliphatic carbocycles. The highest BCUT2D eigenvalue weighted by atomic mass is 32.2. The predicted octanol–water partition coefficient (Wildman–Crippen LogP) is 3.95. The topological polar surface area (TPSA) is 72.7 Å². The van der Waals surface area contributed by atoms with Gasteiger partial charge in [0.15, 0.2) is 0 Å². The highest BCUT2D eigenvalue weighted by Crippen LogP contribution is 2.35. The van der Waals surface area contributed by atoms with E-state index < -0.39 is 5.25 Å². The van der Waals surface area contributed by atoms with Crippen molar-refractivity contribution in [2.24, 2.45) is 0 Å². The number of nitrogens with one attached hydrogen (secondary N) is 1. The average molecular weight is 379 g/mol. The van der Waals surface area contributed by atoms with Crippen LogP contribution < -0.4 is 5.32 Å². The van der Waals surface area contributed by atoms with E-state index in [2.05, 4.69) is 33.5 Å². The zero-order chi connectivity index (χ0) is 19.2. The van der Waals surface area contributed by atoms with Crippen molar-refractivity contribution < 1.29 is 4.79 Å². The monoisotopic (exact) mass is 379 g/mol. The number of benzene rings is 2. The molecule has 0 saturated heterocycles. The summed E-state index contributed by atoms with van der Waals surface area (Å²) in [5.74, 6) is -0.121. The molecule has 0 radical (unpaired) electrons. The summed E-state index contributed by atoms with van der Waals surface area (Å²) in [4.78, 5) is 13.1. The van der Waals surface area contributed by atoms with Crippen molar-refractivity contribution >= 4 is 23.4 Å². The van der Waals surface area contributed by atoms with E-state index in [1.807, 2.05) is 56.3 Å². The molecule has 1 aromatic heterocycles. The number of hydrogen-bond acceptors (Lipinski definition) is 5. The summed E-state index contributed by atoms with van der Waals surface area (Å²) in [6, 6.07) is 15.6. The van der Waals surface area contributed by atoms with Crippen molar-refractivity contribution in [3.05, 3.63) is 77.9 Å². The number of aromatic nitrogens is 4. The molecule has 0 aliphatic rings. The Balaban J connectivity index is 1.88. The van der Waals surface area contributed by atoms with E-state index in [1.54, 1.807) is 10.8 Å². The predicted molar refractivity (Wildman–Crippen MR) is 108 cm³/mol. The summed E-state index contributed by atoms with van der Waals surface area (Å²) in [6.07, 6.45) is 1.72. The second kappa shape index (κ2) is 8.64. The van der Waals surface area contributed by atoms with E-state index in [4.69, 9.17) is 0 Å². The number of aryl methyl sites for hydroxylation is 2. The number of rotatable bonds is 7. The van der Waals surface area contributed by atoms with Crippen LogP contribution in [0.5, 0.6) is 0 Å². The fraction of sp³-hybridized carbons (Fsp3) is 0.200. The lowest BCUT2D eigenvalue weighted by Gasteiger charge is -2.17. The van der Waals surface area contributed by atoms with E-state index in [0.29, 0.717) is 11.7 Å². The molecule has 27 heavy (non-hydrogen) atoms. The van der Waals surface area contributed by atoms with Gasteiger partial charge in [-0.2, -0.15) is 0 Å². The third kappa shape index (κ3) is 4.83. The Morgan fingerprint density at radius 2 is 1.93 bits per heavy atom. The Labute approximate surface area is 162 Å². The molecule has 1 unspecified atom stereocenters. The molecule has 0 bridgehead atoms. The smallest absolute Gasteiger partial charge is 0.242 e. The van der Waals surface area contributed by atoms with E-state index in [-0.39, 0.29) is 5.91 Å². The number of allylic oxidation sites excluding steroid dienone is 1. The Morgan fingerprint density at radius 1 is 1.22 bits per heavy atom. The van der Waals surface area contributed by atoms with E-state index in [1.165, 1.54) is 11.8 Å². The van der Waals surface area contributed by atoms with Gasteiger partial charge in [0.05, 0.1) is 6.54 Å². The summed E-state index contributed by atoms with van der Waals surface area (Å²) in [6.45, 7) is 8.22. The van der Waals surface area contributed by atoms with Crippen LogP contribution in [-0.4, -0.2) is 26.1 Å². The lowest BCUT2D eigenvalue weighted by Crippen LogP contribution is -2.19. The van der Waals surface area contributed by atoms with Crippen LogP contribution >= 0.6 is 11.8 Å². The van der Waals surface area contributed by atoms with Gasteiger partial charge in [-0.15, -0.1) is 11.7 Å². The second-order valence-electron chi connectivity index (χ2n) is 6.21. The molecule has 1 amide bonds. The molecule has 0 spiro atoms. The van der Waals surface area contributed by atoms with Gasteiger partial charge in [-0.05, 0) is 53.1 Å². The van der Waals surface area contributed by atoms with Gasteiger partial charge < -0.3 is 5.32 Å². The molecule has 0 aliphatic heterocycles. The Morgan fingerprint density at radius 3 is 2.59 bits per heavy atom. The van der Waals surface area contributed by atoms with Gasteiger partial charge >= 0.3 is 0 Å². The summed E-state index contributed by atoms with van der Waals surface area (Å²) in [7, 11) is 0. The van der Waals surface area contributed by atoms with Crippen LogP contribution in [0.15, 0.2) is 66.3 Å². The van der Waals surface area contributed by atoms with Crippen LogP contribution in [0, 0.1) is 13.8 Å². The summed E-state index contributed by atoms with van der Waals surface area (Å²) < 4.78 is 1.62. The zero-order valence-corrected chi connectivity index (χ0v) is 16.1. The normalized spacial score (nSPS) is 11.8. The maximum atomic E-state index is 13.1. The molecule has 1 heterocycles. The third-order valence-corrected chi connectivity index (χ3v) is 5.08. The Hall–Kier alpha value is -2.93. The number of anilines is 1. The largest absolute Gasteiger partial charge is 0.325 e. The standard InChI is InChI=1S/C20H21N5OS/c1-4-10-25-20(22-23-24-25)27-18(16-8-6-5-7-9-16)19(26)21-17-12-14(2)11-15(3)13-17/h4-9,11-13,18H,1,10H2,2-3H3,(H,21,26). The lowest BCUT2D eigenvalue weighted by molar-refractivity contribution is -0.115. The first kappa shape index (κ1) is 18.8. The lowest BCUT2D eigenvalue weighted by atomic mass is 10.1. The highest BCUT2D eigenvalue weighted by molar-refractivity contribution is 8.00. The maximum Gasteiger partial charge on any atom is 0.242 e. The van der Waals surface area contributed by atoms with Crippen LogP contribution in [0.4, 0.5) is 5.69 Å². The molecule has 7 heteroatoms. The summed E-state index contributed by atoms with van der Waals surface area (Å²) in [5.41, 5.74) is 3.87. The molecule has 1 atom stereocenters. The number of tetrazole rings is 1. The van der Waals surface area contributed by atoms with E-state index >= 15 is 0 Å². The molecule has 0 saturated carbocycles. The first-order valence-electron chi connectivity index (χ1n) is 8.54. The third-order valence-electron chi connectivity index (χ3n) is 3.85. The fourth-order valence-corrected chi connectivity index (χ4v) is 3.76. The quantitative estimate of drug-likeness (QED) is 0.497. The van der Waals surface area contributed by atoms with Crippen molar-refractivity contribution in [1.29, 1.82) is 0 Å². The van der Waals surface area contributed by atoms with Gasteiger partial charge in [0.1, 0.15) is 5.25 Å². The zero-order valence-electron chi connectivity index (χ0n) is 15.3. The molecular formula is C20H21N5OS. The van der Waals surface area contributed by atoms with Gasteiger partial charge in [0.2, 0.25) is 11.1 Å². The van der Waals surface area contributed by atoms with Crippen LogP contribution in [-0.2, 0) is 11.3 Å². The van der Waals surface area contributed by atoms with Gasteiger partial charge in [-0.1, -0.05) is 54.2 Å². The van der Waals surface area contributed by atoms with Crippen molar-refractivity contribution in [3.8, 4) is 0 Å². The van der Waals surface area contributed by atoms with Gasteiger partial charge in [-0.3, -0.25) is 4.79 Å². The number of carbonyl (C=O) groups excluding carboxylic acids is 1. The number of hydrogen-bond donors (Lipinski definition) is 1. The second-order valence-corrected chi connectivity index (χ2v) is 7.28. The van der Waals surface area contributed by atoms with Crippen LogP contribution in [0.2, 0.25) is 0 Å².